The molecule has 19 heavy (non-hydrogen) atoms. The van der Waals surface area contributed by atoms with E-state index >= 15 is 0 Å². The molecule has 1 N–H and O–H groups in total. The molecule has 108 valence electrons. The van der Waals surface area contributed by atoms with E-state index in [0.29, 0.717) is 6.04 Å². The summed E-state index contributed by atoms with van der Waals surface area (Å²) in [6.45, 7) is 8.08. The fraction of sp³-hybridized carbons (Fsp3) is 0.750. The summed E-state index contributed by atoms with van der Waals surface area (Å²) < 4.78 is 6.34. The smallest absolute Gasteiger partial charge is 0.173 e. The zero-order valence-electron chi connectivity index (χ0n) is 12.3. The Bertz CT molecular complexity index is 380. The molecule has 3 atom stereocenters. The predicted octanol–water partition coefficient (Wildman–Crippen LogP) is 5.16. The fourth-order valence-electron chi connectivity index (χ4n) is 3.64. The molecule has 1 aliphatic rings. The van der Waals surface area contributed by atoms with Gasteiger partial charge in [0, 0.05) is 11.6 Å². The van der Waals surface area contributed by atoms with Crippen molar-refractivity contribution in [2.75, 3.05) is 6.54 Å². The minimum absolute atomic E-state index is 0.429. The second kappa shape index (κ2) is 6.94. The summed E-state index contributed by atoms with van der Waals surface area (Å²) in [6, 6.07) is 2.54. The van der Waals surface area contributed by atoms with E-state index in [1.165, 1.54) is 31.2 Å². The van der Waals surface area contributed by atoms with Crippen LogP contribution >= 0.6 is 15.9 Å². The molecule has 0 saturated heterocycles. The third kappa shape index (κ3) is 3.85. The van der Waals surface area contributed by atoms with Gasteiger partial charge < -0.3 is 9.73 Å². The Morgan fingerprint density at radius 2 is 2.00 bits per heavy atom. The highest BCUT2D eigenvalue weighted by Crippen LogP contribution is 2.41. The molecular formula is C16H26BrNO. The Labute approximate surface area is 125 Å². The van der Waals surface area contributed by atoms with E-state index in [0.717, 1.165) is 29.0 Å². The van der Waals surface area contributed by atoms with Crippen molar-refractivity contribution in [3.8, 4) is 0 Å². The number of nitrogens with one attached hydrogen (secondary N) is 1. The van der Waals surface area contributed by atoms with Crippen LogP contribution in [0.15, 0.2) is 21.4 Å². The first-order chi connectivity index (χ1) is 9.11. The summed E-state index contributed by atoms with van der Waals surface area (Å²) in [5, 5.41) is 3.73. The van der Waals surface area contributed by atoms with Crippen molar-refractivity contribution in [1.29, 1.82) is 0 Å². The van der Waals surface area contributed by atoms with Gasteiger partial charge in [0.15, 0.2) is 4.67 Å². The second-order valence-electron chi connectivity index (χ2n) is 6.26. The van der Waals surface area contributed by atoms with E-state index in [1.54, 1.807) is 6.26 Å². The van der Waals surface area contributed by atoms with Gasteiger partial charge in [0.25, 0.3) is 0 Å². The molecule has 2 nitrogen and oxygen atoms in total. The molecular weight excluding hydrogens is 302 g/mol. The molecule has 3 unspecified atom stereocenters. The summed E-state index contributed by atoms with van der Waals surface area (Å²) in [7, 11) is 0. The molecule has 0 amide bonds. The van der Waals surface area contributed by atoms with Crippen molar-refractivity contribution in [2.45, 2.75) is 52.5 Å². The Balaban J connectivity index is 2.15. The second-order valence-corrected chi connectivity index (χ2v) is 6.98. The monoisotopic (exact) mass is 327 g/mol. The zero-order valence-corrected chi connectivity index (χ0v) is 13.9. The van der Waals surface area contributed by atoms with Crippen LogP contribution < -0.4 is 5.32 Å². The average molecular weight is 328 g/mol. The maximum absolute atomic E-state index is 5.45. The normalized spacial score (nSPS) is 29.4. The molecule has 0 radical (unpaired) electrons. The Morgan fingerprint density at radius 1 is 1.32 bits per heavy atom. The lowest BCUT2D eigenvalue weighted by Crippen LogP contribution is -2.33. The van der Waals surface area contributed by atoms with Crippen LogP contribution in [-0.4, -0.2) is 6.54 Å². The van der Waals surface area contributed by atoms with Crippen molar-refractivity contribution in [2.24, 2.45) is 17.8 Å². The highest BCUT2D eigenvalue weighted by molar-refractivity contribution is 9.10. The molecule has 1 aromatic heterocycles. The SMILES string of the molecule is CCCNC(c1ccoc1Br)C1CC(C)CC(C)C1. The van der Waals surface area contributed by atoms with Crippen molar-refractivity contribution in [3.05, 3.63) is 22.6 Å². The van der Waals surface area contributed by atoms with Crippen LogP contribution in [0.5, 0.6) is 0 Å². The summed E-state index contributed by atoms with van der Waals surface area (Å²) in [4.78, 5) is 0. The number of hydrogen-bond donors (Lipinski definition) is 1. The fourth-order valence-corrected chi connectivity index (χ4v) is 4.13. The summed E-state index contributed by atoms with van der Waals surface area (Å²) in [6.07, 6.45) is 6.98. The van der Waals surface area contributed by atoms with Gasteiger partial charge in [0.2, 0.25) is 0 Å². The van der Waals surface area contributed by atoms with E-state index in [-0.39, 0.29) is 0 Å². The van der Waals surface area contributed by atoms with Gasteiger partial charge in [0.05, 0.1) is 6.26 Å². The molecule has 0 aromatic carbocycles. The van der Waals surface area contributed by atoms with Gasteiger partial charge in [-0.15, -0.1) is 0 Å². The summed E-state index contributed by atoms with van der Waals surface area (Å²) in [5.74, 6) is 2.40. The molecule has 0 bridgehead atoms. The summed E-state index contributed by atoms with van der Waals surface area (Å²) >= 11 is 3.55. The lowest BCUT2D eigenvalue weighted by atomic mass is 9.72. The van der Waals surface area contributed by atoms with Crippen molar-refractivity contribution < 1.29 is 4.42 Å². The first-order valence-corrected chi connectivity index (χ1v) is 8.37. The van der Waals surface area contributed by atoms with Gasteiger partial charge in [0.1, 0.15) is 0 Å². The van der Waals surface area contributed by atoms with Crippen molar-refractivity contribution in [1.82, 2.24) is 5.32 Å². The third-order valence-corrected chi connectivity index (χ3v) is 4.93. The van der Waals surface area contributed by atoms with E-state index in [2.05, 4.69) is 48.1 Å². The topological polar surface area (TPSA) is 25.2 Å². The molecule has 0 spiro atoms. The first-order valence-electron chi connectivity index (χ1n) is 7.58. The lowest BCUT2D eigenvalue weighted by molar-refractivity contribution is 0.175. The highest BCUT2D eigenvalue weighted by Gasteiger charge is 2.32. The molecule has 1 heterocycles. The average Bonchev–Trinajstić information content (AvgIpc) is 2.75. The van der Waals surface area contributed by atoms with Gasteiger partial charge >= 0.3 is 0 Å². The number of rotatable bonds is 5. The number of halogens is 1. The van der Waals surface area contributed by atoms with Crippen LogP contribution in [0.1, 0.15) is 58.1 Å². The molecule has 2 rings (SSSR count). The minimum atomic E-state index is 0.429. The quantitative estimate of drug-likeness (QED) is 0.808. The Hall–Kier alpha value is -0.280. The lowest BCUT2D eigenvalue weighted by Gasteiger charge is -2.37. The highest BCUT2D eigenvalue weighted by atomic mass is 79.9. The molecule has 0 aliphatic heterocycles. The zero-order chi connectivity index (χ0) is 13.8. The van der Waals surface area contributed by atoms with Gasteiger partial charge in [-0.25, -0.2) is 0 Å². The largest absolute Gasteiger partial charge is 0.457 e. The van der Waals surface area contributed by atoms with Crippen molar-refractivity contribution >= 4 is 15.9 Å². The van der Waals surface area contributed by atoms with Crippen LogP contribution in [0.4, 0.5) is 0 Å². The third-order valence-electron chi connectivity index (χ3n) is 4.28. The van der Waals surface area contributed by atoms with E-state index < -0.39 is 0 Å². The van der Waals surface area contributed by atoms with E-state index in [4.69, 9.17) is 4.42 Å². The van der Waals surface area contributed by atoms with Gasteiger partial charge in [-0.2, -0.15) is 0 Å². The minimum Gasteiger partial charge on any atom is -0.457 e. The molecule has 1 aliphatic carbocycles. The van der Waals surface area contributed by atoms with Gasteiger partial charge in [-0.05, 0) is 72.0 Å². The molecule has 1 fully saturated rings. The standard InChI is InChI=1S/C16H26BrNO/c1-4-6-18-15(14-5-7-19-16(14)17)13-9-11(2)8-12(3)10-13/h5,7,11-13,15,18H,4,6,8-10H2,1-3H3. The Kier molecular flexibility index (Phi) is 5.52. The first kappa shape index (κ1) is 15.1. The van der Waals surface area contributed by atoms with Crippen LogP contribution in [0.25, 0.3) is 0 Å². The van der Waals surface area contributed by atoms with Crippen LogP contribution in [-0.2, 0) is 0 Å². The summed E-state index contributed by atoms with van der Waals surface area (Å²) in [5.41, 5.74) is 1.29. The number of hydrogen-bond acceptors (Lipinski definition) is 2. The molecule has 1 aromatic rings. The van der Waals surface area contributed by atoms with Crippen LogP contribution in [0.2, 0.25) is 0 Å². The maximum atomic E-state index is 5.45. The predicted molar refractivity (Wildman–Crippen MR) is 83.1 cm³/mol. The maximum Gasteiger partial charge on any atom is 0.173 e. The van der Waals surface area contributed by atoms with Crippen LogP contribution in [0, 0.1) is 17.8 Å². The number of furan rings is 1. The van der Waals surface area contributed by atoms with Crippen LogP contribution in [0.3, 0.4) is 0 Å². The van der Waals surface area contributed by atoms with E-state index in [9.17, 15) is 0 Å². The molecule has 1 saturated carbocycles. The van der Waals surface area contributed by atoms with E-state index in [1.807, 2.05) is 0 Å². The molecule has 3 heteroatoms. The Morgan fingerprint density at radius 3 is 2.53 bits per heavy atom. The van der Waals surface area contributed by atoms with Gasteiger partial charge in [-0.3, -0.25) is 0 Å². The van der Waals surface area contributed by atoms with Crippen molar-refractivity contribution in [3.63, 3.8) is 0 Å². The van der Waals surface area contributed by atoms with Gasteiger partial charge in [-0.1, -0.05) is 20.8 Å².